The topological polar surface area (TPSA) is 45.2 Å². The molecule has 1 aromatic rings. The third-order valence-corrected chi connectivity index (χ3v) is 2.68. The Kier molecular flexibility index (Phi) is 6.09. The van der Waals surface area contributed by atoms with Gasteiger partial charge in [-0.25, -0.2) is 4.98 Å². The Bertz CT molecular complexity index is 378. The maximum absolute atomic E-state index is 11.7. The average Bonchev–Trinajstić information content (AvgIpc) is 2.30. The van der Waals surface area contributed by atoms with Crippen LogP contribution in [-0.2, 0) is 11.3 Å². The van der Waals surface area contributed by atoms with E-state index < -0.39 is 0 Å². The Hall–Kier alpha value is -1.13. The van der Waals surface area contributed by atoms with E-state index in [2.05, 4.69) is 15.2 Å². The second kappa shape index (κ2) is 7.34. The van der Waals surface area contributed by atoms with E-state index in [0.717, 1.165) is 12.1 Å². The van der Waals surface area contributed by atoms with Crippen LogP contribution in [0.3, 0.4) is 0 Å². The maximum atomic E-state index is 11.7. The lowest BCUT2D eigenvalue weighted by molar-refractivity contribution is -0.122. The molecule has 1 amide bonds. The lowest BCUT2D eigenvalue weighted by atomic mass is 10.2. The van der Waals surface area contributed by atoms with Gasteiger partial charge < -0.3 is 5.32 Å². The third kappa shape index (κ3) is 5.47. The number of aromatic nitrogens is 1. The molecular weight excluding hydrogens is 250 g/mol. The van der Waals surface area contributed by atoms with Crippen LogP contribution in [0.5, 0.6) is 0 Å². The molecule has 18 heavy (non-hydrogen) atoms. The summed E-state index contributed by atoms with van der Waals surface area (Å²) in [6.07, 6.45) is 1.74. The van der Waals surface area contributed by atoms with Gasteiger partial charge in [0.2, 0.25) is 5.91 Å². The molecule has 0 atom stereocenters. The van der Waals surface area contributed by atoms with Gasteiger partial charge in [-0.2, -0.15) is 0 Å². The Morgan fingerprint density at radius 3 is 2.72 bits per heavy atom. The first-order valence-corrected chi connectivity index (χ1v) is 6.51. The first kappa shape index (κ1) is 14.9. The molecule has 1 N–H and O–H groups in total. The Labute approximate surface area is 113 Å². The van der Waals surface area contributed by atoms with E-state index in [0.29, 0.717) is 18.2 Å². The van der Waals surface area contributed by atoms with E-state index in [1.54, 1.807) is 12.3 Å². The fraction of sp³-hybridized carbons (Fsp3) is 0.538. The number of hydrogen-bond acceptors (Lipinski definition) is 3. The summed E-state index contributed by atoms with van der Waals surface area (Å²) in [5.41, 5.74) is 1.05. The SMILES string of the molecule is CCN(CC(=O)NC(C)C)Cc1ccc(Cl)nc1. The lowest BCUT2D eigenvalue weighted by Crippen LogP contribution is -2.39. The van der Waals surface area contributed by atoms with Crippen molar-refractivity contribution in [1.29, 1.82) is 0 Å². The van der Waals surface area contributed by atoms with Crippen LogP contribution in [0.15, 0.2) is 18.3 Å². The van der Waals surface area contributed by atoms with E-state index in [1.165, 1.54) is 0 Å². The number of halogens is 1. The molecule has 1 aromatic heterocycles. The highest BCUT2D eigenvalue weighted by atomic mass is 35.5. The molecule has 0 radical (unpaired) electrons. The number of hydrogen-bond donors (Lipinski definition) is 1. The number of nitrogens with one attached hydrogen (secondary N) is 1. The quantitative estimate of drug-likeness (QED) is 0.805. The maximum Gasteiger partial charge on any atom is 0.234 e. The molecule has 0 aromatic carbocycles. The van der Waals surface area contributed by atoms with Crippen LogP contribution in [0, 0.1) is 0 Å². The highest BCUT2D eigenvalue weighted by molar-refractivity contribution is 6.29. The van der Waals surface area contributed by atoms with Crippen molar-refractivity contribution in [3.63, 3.8) is 0 Å². The molecule has 1 rings (SSSR count). The summed E-state index contributed by atoms with van der Waals surface area (Å²) in [5, 5.41) is 3.37. The molecule has 0 bridgehead atoms. The standard InChI is InChI=1S/C13H20ClN3O/c1-4-17(9-13(18)16-10(2)3)8-11-5-6-12(14)15-7-11/h5-7,10H,4,8-9H2,1-3H3,(H,16,18). The molecule has 0 aliphatic carbocycles. The first-order chi connectivity index (χ1) is 8.51. The highest BCUT2D eigenvalue weighted by Crippen LogP contribution is 2.07. The minimum atomic E-state index is 0.0498. The van der Waals surface area contributed by atoms with Crippen molar-refractivity contribution < 1.29 is 4.79 Å². The summed E-state index contributed by atoms with van der Waals surface area (Å²) in [7, 11) is 0. The largest absolute Gasteiger partial charge is 0.353 e. The van der Waals surface area contributed by atoms with Gasteiger partial charge >= 0.3 is 0 Å². The second-order valence-electron chi connectivity index (χ2n) is 4.51. The Morgan fingerprint density at radius 1 is 1.50 bits per heavy atom. The number of amides is 1. The van der Waals surface area contributed by atoms with Gasteiger partial charge in [-0.3, -0.25) is 9.69 Å². The van der Waals surface area contributed by atoms with Gasteiger partial charge in [0.05, 0.1) is 6.54 Å². The summed E-state index contributed by atoms with van der Waals surface area (Å²) >= 11 is 5.73. The van der Waals surface area contributed by atoms with Crippen LogP contribution in [0.1, 0.15) is 26.3 Å². The lowest BCUT2D eigenvalue weighted by Gasteiger charge is -2.20. The fourth-order valence-corrected chi connectivity index (χ4v) is 1.72. The predicted octanol–water partition coefficient (Wildman–Crippen LogP) is 2.08. The van der Waals surface area contributed by atoms with Crippen molar-refractivity contribution >= 4 is 17.5 Å². The Balaban J connectivity index is 2.51. The molecule has 0 saturated heterocycles. The number of nitrogens with zero attached hydrogens (tertiary/aromatic N) is 2. The summed E-state index contributed by atoms with van der Waals surface area (Å²) < 4.78 is 0. The van der Waals surface area contributed by atoms with Gasteiger partial charge in [0.25, 0.3) is 0 Å². The minimum absolute atomic E-state index is 0.0498. The second-order valence-corrected chi connectivity index (χ2v) is 4.90. The molecule has 0 spiro atoms. The van der Waals surface area contributed by atoms with Crippen molar-refractivity contribution in [3.05, 3.63) is 29.0 Å². The molecule has 0 aliphatic heterocycles. The highest BCUT2D eigenvalue weighted by Gasteiger charge is 2.10. The van der Waals surface area contributed by atoms with Crippen molar-refractivity contribution in [2.24, 2.45) is 0 Å². The molecule has 0 unspecified atom stereocenters. The molecule has 0 aliphatic rings. The third-order valence-electron chi connectivity index (χ3n) is 2.46. The molecule has 100 valence electrons. The van der Waals surface area contributed by atoms with E-state index in [4.69, 9.17) is 11.6 Å². The smallest absolute Gasteiger partial charge is 0.234 e. The number of carbonyl (C=O) groups is 1. The Morgan fingerprint density at radius 2 is 2.22 bits per heavy atom. The van der Waals surface area contributed by atoms with Gasteiger partial charge in [-0.1, -0.05) is 24.6 Å². The molecule has 0 fully saturated rings. The van der Waals surface area contributed by atoms with E-state index >= 15 is 0 Å². The summed E-state index contributed by atoms with van der Waals surface area (Å²) in [4.78, 5) is 17.8. The normalized spacial score (nSPS) is 11.0. The molecule has 1 heterocycles. The van der Waals surface area contributed by atoms with E-state index in [9.17, 15) is 4.79 Å². The van der Waals surface area contributed by atoms with Crippen LogP contribution in [0.4, 0.5) is 0 Å². The van der Waals surface area contributed by atoms with Crippen LogP contribution in [0.2, 0.25) is 5.15 Å². The number of rotatable bonds is 6. The average molecular weight is 270 g/mol. The monoisotopic (exact) mass is 269 g/mol. The van der Waals surface area contributed by atoms with Gasteiger partial charge in [0.1, 0.15) is 5.15 Å². The minimum Gasteiger partial charge on any atom is -0.353 e. The van der Waals surface area contributed by atoms with Gasteiger partial charge in [0, 0.05) is 18.8 Å². The molecule has 0 saturated carbocycles. The molecule has 4 nitrogen and oxygen atoms in total. The number of likely N-dealkylation sites (N-methyl/N-ethyl adjacent to an activating group) is 1. The summed E-state index contributed by atoms with van der Waals surface area (Å²) in [5.74, 6) is 0.0498. The van der Waals surface area contributed by atoms with Crippen LogP contribution >= 0.6 is 11.6 Å². The zero-order valence-electron chi connectivity index (χ0n) is 11.1. The van der Waals surface area contributed by atoms with Gasteiger partial charge in [-0.05, 0) is 32.0 Å². The number of carbonyl (C=O) groups excluding carboxylic acids is 1. The van der Waals surface area contributed by atoms with Crippen LogP contribution in [0.25, 0.3) is 0 Å². The van der Waals surface area contributed by atoms with Crippen molar-refractivity contribution in [2.45, 2.75) is 33.4 Å². The molecule has 5 heteroatoms. The van der Waals surface area contributed by atoms with Crippen molar-refractivity contribution in [2.75, 3.05) is 13.1 Å². The summed E-state index contributed by atoms with van der Waals surface area (Å²) in [6, 6.07) is 3.87. The molecular formula is C13H20ClN3O. The number of pyridine rings is 1. The zero-order chi connectivity index (χ0) is 13.5. The zero-order valence-corrected chi connectivity index (χ0v) is 11.9. The summed E-state index contributed by atoms with van der Waals surface area (Å²) in [6.45, 7) is 7.86. The van der Waals surface area contributed by atoms with Crippen LogP contribution in [-0.4, -0.2) is 34.9 Å². The fourth-order valence-electron chi connectivity index (χ4n) is 1.61. The van der Waals surface area contributed by atoms with Crippen molar-refractivity contribution in [1.82, 2.24) is 15.2 Å². The van der Waals surface area contributed by atoms with E-state index in [-0.39, 0.29) is 11.9 Å². The van der Waals surface area contributed by atoms with Crippen LogP contribution < -0.4 is 5.32 Å². The predicted molar refractivity (Wildman–Crippen MR) is 73.5 cm³/mol. The van der Waals surface area contributed by atoms with Crippen molar-refractivity contribution in [3.8, 4) is 0 Å². The van der Waals surface area contributed by atoms with Gasteiger partial charge in [-0.15, -0.1) is 0 Å². The first-order valence-electron chi connectivity index (χ1n) is 6.13. The van der Waals surface area contributed by atoms with E-state index in [1.807, 2.05) is 26.8 Å². The van der Waals surface area contributed by atoms with Gasteiger partial charge in [0.15, 0.2) is 0 Å².